The molecule has 1 N–H and O–H groups in total. The number of benzene rings is 1. The van der Waals surface area contributed by atoms with Crippen LogP contribution in [0.1, 0.15) is 36.1 Å². The van der Waals surface area contributed by atoms with Crippen molar-refractivity contribution in [2.45, 2.75) is 31.7 Å². The average Bonchev–Trinajstić information content (AvgIpc) is 2.47. The van der Waals surface area contributed by atoms with Crippen LogP contribution < -0.4 is 5.32 Å². The second kappa shape index (κ2) is 6.68. The Morgan fingerprint density at radius 1 is 0.957 bits per heavy atom. The fraction of sp³-hybridized carbons (Fsp3) is 0.600. The summed E-state index contributed by atoms with van der Waals surface area (Å²) in [6.45, 7) is 4.29. The van der Waals surface area contributed by atoms with Crippen LogP contribution in [0.15, 0.2) is 18.2 Å². The van der Waals surface area contributed by atoms with Crippen LogP contribution in [0.3, 0.4) is 0 Å². The van der Waals surface area contributed by atoms with Crippen molar-refractivity contribution in [3.8, 4) is 0 Å². The van der Waals surface area contributed by atoms with E-state index in [1.807, 2.05) is 4.90 Å². The zero-order valence-corrected chi connectivity index (χ0v) is 12.6. The minimum absolute atomic E-state index is 0.0663. The molecule has 1 aromatic carbocycles. The summed E-state index contributed by atoms with van der Waals surface area (Å²) in [6, 6.07) is 1.39. The Bertz CT molecular complexity index is 499. The lowest BCUT2D eigenvalue weighted by Crippen LogP contribution is -2.45. The third-order valence-electron chi connectivity index (χ3n) is 3.97. The van der Waals surface area contributed by atoms with Gasteiger partial charge in [-0.25, -0.2) is 0 Å². The molecule has 1 aliphatic rings. The van der Waals surface area contributed by atoms with Gasteiger partial charge in [0.2, 0.25) is 0 Å². The van der Waals surface area contributed by atoms with Gasteiger partial charge in [-0.2, -0.15) is 26.3 Å². The lowest BCUT2D eigenvalue weighted by molar-refractivity contribution is -0.143. The Balaban J connectivity index is 2.46. The molecule has 0 radical (unpaired) electrons. The second-order valence-electron chi connectivity index (χ2n) is 5.55. The monoisotopic (exact) mass is 340 g/mol. The van der Waals surface area contributed by atoms with Crippen LogP contribution in [0.2, 0.25) is 0 Å². The fourth-order valence-electron chi connectivity index (χ4n) is 2.87. The highest BCUT2D eigenvalue weighted by atomic mass is 19.4. The third-order valence-corrected chi connectivity index (χ3v) is 3.97. The van der Waals surface area contributed by atoms with E-state index in [1.165, 1.54) is 0 Å². The first-order valence-corrected chi connectivity index (χ1v) is 7.37. The van der Waals surface area contributed by atoms with E-state index in [0.29, 0.717) is 32.6 Å². The fourth-order valence-corrected chi connectivity index (χ4v) is 2.87. The van der Waals surface area contributed by atoms with Crippen molar-refractivity contribution in [2.24, 2.45) is 0 Å². The van der Waals surface area contributed by atoms with E-state index in [0.717, 1.165) is 12.1 Å². The quantitative estimate of drug-likeness (QED) is 0.834. The molecule has 0 spiro atoms. The summed E-state index contributed by atoms with van der Waals surface area (Å²) in [5.74, 6) is 0. The molecule has 0 aromatic heterocycles. The Morgan fingerprint density at radius 2 is 1.43 bits per heavy atom. The van der Waals surface area contributed by atoms with Gasteiger partial charge in [0, 0.05) is 32.2 Å². The van der Waals surface area contributed by atoms with Gasteiger partial charge in [0.15, 0.2) is 0 Å². The minimum atomic E-state index is -4.81. The zero-order valence-electron chi connectivity index (χ0n) is 12.6. The van der Waals surface area contributed by atoms with E-state index in [-0.39, 0.29) is 11.6 Å². The van der Waals surface area contributed by atoms with E-state index in [1.54, 1.807) is 6.92 Å². The molecule has 2 nitrogen and oxygen atoms in total. The van der Waals surface area contributed by atoms with Gasteiger partial charge in [-0.1, -0.05) is 6.92 Å². The Kier molecular flexibility index (Phi) is 5.25. The number of hydrogen-bond donors (Lipinski definition) is 1. The summed E-state index contributed by atoms with van der Waals surface area (Å²) < 4.78 is 77.7. The van der Waals surface area contributed by atoms with Crippen LogP contribution in [0.5, 0.6) is 0 Å². The van der Waals surface area contributed by atoms with Gasteiger partial charge in [-0.3, -0.25) is 4.90 Å². The first-order chi connectivity index (χ1) is 10.6. The Morgan fingerprint density at radius 3 is 1.83 bits per heavy atom. The van der Waals surface area contributed by atoms with Crippen molar-refractivity contribution in [3.63, 3.8) is 0 Å². The van der Waals surface area contributed by atoms with Crippen LogP contribution >= 0.6 is 0 Å². The lowest BCUT2D eigenvalue weighted by Gasteiger charge is -2.35. The molecule has 1 atom stereocenters. The largest absolute Gasteiger partial charge is 0.416 e. The van der Waals surface area contributed by atoms with Crippen LogP contribution in [0, 0.1) is 0 Å². The van der Waals surface area contributed by atoms with Crippen LogP contribution in [-0.2, 0) is 12.4 Å². The summed E-state index contributed by atoms with van der Waals surface area (Å²) in [5.41, 5.74) is -2.44. The molecule has 1 saturated heterocycles. The average molecular weight is 340 g/mol. The summed E-state index contributed by atoms with van der Waals surface area (Å²) in [5, 5.41) is 3.11. The number of nitrogens with one attached hydrogen (secondary N) is 1. The number of alkyl halides is 6. The van der Waals surface area contributed by atoms with Crippen molar-refractivity contribution in [1.29, 1.82) is 0 Å². The van der Waals surface area contributed by atoms with E-state index < -0.39 is 29.5 Å². The standard InChI is InChI=1S/C15H18F6N2/c1-2-13(23-5-3-22-4-6-23)10-7-11(14(16,17)18)9-12(8-10)15(19,20)21/h7-9,13,22H,2-6H2,1H3/t13-/m1/s1. The molecule has 0 unspecified atom stereocenters. The molecule has 1 heterocycles. The van der Waals surface area contributed by atoms with Crippen LogP contribution in [0.25, 0.3) is 0 Å². The summed E-state index contributed by atoms with van der Waals surface area (Å²) in [7, 11) is 0. The van der Waals surface area contributed by atoms with Gasteiger partial charge in [0.25, 0.3) is 0 Å². The summed E-state index contributed by atoms with van der Waals surface area (Å²) >= 11 is 0. The smallest absolute Gasteiger partial charge is 0.314 e. The zero-order chi connectivity index (χ0) is 17.3. The summed E-state index contributed by atoms with van der Waals surface area (Å²) in [6.07, 6.45) is -9.17. The number of nitrogens with zero attached hydrogens (tertiary/aromatic N) is 1. The first-order valence-electron chi connectivity index (χ1n) is 7.37. The van der Waals surface area contributed by atoms with Crippen molar-refractivity contribution < 1.29 is 26.3 Å². The predicted octanol–water partition coefficient (Wildman–Crippen LogP) is 4.08. The molecule has 1 aromatic rings. The van der Waals surface area contributed by atoms with E-state index in [2.05, 4.69) is 5.32 Å². The molecule has 0 aliphatic carbocycles. The van der Waals surface area contributed by atoms with Crippen molar-refractivity contribution >= 4 is 0 Å². The van der Waals surface area contributed by atoms with E-state index in [9.17, 15) is 26.3 Å². The van der Waals surface area contributed by atoms with Gasteiger partial charge in [-0.05, 0) is 30.2 Å². The molecule has 8 heteroatoms. The van der Waals surface area contributed by atoms with E-state index >= 15 is 0 Å². The SMILES string of the molecule is CC[C@H](c1cc(C(F)(F)F)cc(C(F)(F)F)c1)N1CCNCC1. The molecule has 23 heavy (non-hydrogen) atoms. The number of rotatable bonds is 3. The third kappa shape index (κ3) is 4.38. The van der Waals surface area contributed by atoms with Crippen LogP contribution in [0.4, 0.5) is 26.3 Å². The topological polar surface area (TPSA) is 15.3 Å². The maximum Gasteiger partial charge on any atom is 0.416 e. The maximum absolute atomic E-state index is 13.0. The second-order valence-corrected chi connectivity index (χ2v) is 5.55. The molecule has 0 bridgehead atoms. The van der Waals surface area contributed by atoms with Crippen molar-refractivity contribution in [1.82, 2.24) is 10.2 Å². The van der Waals surface area contributed by atoms with Crippen molar-refractivity contribution in [3.05, 3.63) is 34.9 Å². The normalized spacial score (nSPS) is 18.9. The predicted molar refractivity (Wildman–Crippen MR) is 73.9 cm³/mol. The number of halogens is 6. The molecule has 2 rings (SSSR count). The van der Waals surface area contributed by atoms with Crippen LogP contribution in [-0.4, -0.2) is 31.1 Å². The first kappa shape index (κ1) is 18.1. The highest BCUT2D eigenvalue weighted by Crippen LogP contribution is 2.38. The number of piperazine rings is 1. The Hall–Kier alpha value is -1.28. The molecule has 0 amide bonds. The minimum Gasteiger partial charge on any atom is -0.314 e. The van der Waals surface area contributed by atoms with Gasteiger partial charge in [0.1, 0.15) is 0 Å². The molecule has 130 valence electrons. The molecular formula is C15H18F6N2. The summed E-state index contributed by atoms with van der Waals surface area (Å²) in [4.78, 5) is 1.92. The Labute approximate surface area is 130 Å². The van der Waals surface area contributed by atoms with E-state index in [4.69, 9.17) is 0 Å². The molecular weight excluding hydrogens is 322 g/mol. The van der Waals surface area contributed by atoms with Gasteiger partial charge in [-0.15, -0.1) is 0 Å². The highest BCUT2D eigenvalue weighted by molar-refractivity contribution is 5.35. The number of hydrogen-bond acceptors (Lipinski definition) is 2. The maximum atomic E-state index is 13.0. The highest BCUT2D eigenvalue weighted by Gasteiger charge is 2.38. The van der Waals surface area contributed by atoms with Crippen molar-refractivity contribution in [2.75, 3.05) is 26.2 Å². The van der Waals surface area contributed by atoms with Gasteiger partial charge < -0.3 is 5.32 Å². The molecule has 1 aliphatic heterocycles. The lowest BCUT2D eigenvalue weighted by atomic mass is 9.96. The molecule has 0 saturated carbocycles. The molecule has 1 fully saturated rings. The van der Waals surface area contributed by atoms with Gasteiger partial charge in [0.05, 0.1) is 11.1 Å². The van der Waals surface area contributed by atoms with Gasteiger partial charge >= 0.3 is 12.4 Å².